The van der Waals surface area contributed by atoms with E-state index in [0.29, 0.717) is 19.8 Å². The van der Waals surface area contributed by atoms with Gasteiger partial charge in [0.15, 0.2) is 5.96 Å². The van der Waals surface area contributed by atoms with Crippen LogP contribution in [0.4, 0.5) is 4.39 Å². The van der Waals surface area contributed by atoms with Gasteiger partial charge in [-0.2, -0.15) is 0 Å². The highest BCUT2D eigenvalue weighted by Crippen LogP contribution is 2.35. The molecule has 1 aliphatic heterocycles. The lowest BCUT2D eigenvalue weighted by atomic mass is 9.74. The number of rotatable bonds is 7. The second kappa shape index (κ2) is 9.98. The predicted octanol–water partition coefficient (Wildman–Crippen LogP) is 3.44. The molecule has 3 rings (SSSR count). The van der Waals surface area contributed by atoms with Crippen LogP contribution in [0.25, 0.3) is 0 Å². The van der Waals surface area contributed by atoms with Crippen LogP contribution in [0.2, 0.25) is 0 Å². The number of hydrogen-bond donors (Lipinski definition) is 2. The van der Waals surface area contributed by atoms with Crippen LogP contribution in [0.1, 0.15) is 35.2 Å². The van der Waals surface area contributed by atoms with E-state index in [4.69, 9.17) is 9.73 Å². The quantitative estimate of drug-likeness (QED) is 0.548. The summed E-state index contributed by atoms with van der Waals surface area (Å²) >= 11 is 1.73. The van der Waals surface area contributed by atoms with Crippen LogP contribution in [0.5, 0.6) is 0 Å². The molecule has 0 aliphatic carbocycles. The number of thiazole rings is 1. The number of hydrogen-bond acceptors (Lipinski definition) is 4. The number of halogens is 1. The second-order valence-corrected chi connectivity index (χ2v) is 8.46. The van der Waals surface area contributed by atoms with E-state index in [1.54, 1.807) is 11.3 Å². The molecule has 0 saturated carbocycles. The zero-order chi connectivity index (χ0) is 19.8. The fraction of sp³-hybridized carbons (Fsp3) is 0.524. The second-order valence-electron chi connectivity index (χ2n) is 7.14. The molecule has 2 aromatic rings. The summed E-state index contributed by atoms with van der Waals surface area (Å²) in [6, 6.07) is 6.86. The Hall–Kier alpha value is -1.99. The molecule has 0 bridgehead atoms. The lowest BCUT2D eigenvalue weighted by Crippen LogP contribution is -2.41. The molecule has 1 aliphatic rings. The molecular formula is C21H29FN4OS. The van der Waals surface area contributed by atoms with Crippen LogP contribution in [-0.2, 0) is 16.6 Å². The summed E-state index contributed by atoms with van der Waals surface area (Å²) in [6.07, 6.45) is 4.57. The Labute approximate surface area is 170 Å². The van der Waals surface area contributed by atoms with E-state index in [9.17, 15) is 4.39 Å². The van der Waals surface area contributed by atoms with Gasteiger partial charge in [-0.15, -0.1) is 11.3 Å². The maximum absolute atomic E-state index is 13.4. The highest BCUT2D eigenvalue weighted by Gasteiger charge is 2.34. The van der Waals surface area contributed by atoms with Gasteiger partial charge in [0.05, 0.1) is 11.6 Å². The Morgan fingerprint density at radius 1 is 1.25 bits per heavy atom. The van der Waals surface area contributed by atoms with E-state index in [1.165, 1.54) is 17.0 Å². The van der Waals surface area contributed by atoms with E-state index in [2.05, 4.69) is 29.5 Å². The Balaban J connectivity index is 1.68. The summed E-state index contributed by atoms with van der Waals surface area (Å²) in [7, 11) is 0. The van der Waals surface area contributed by atoms with Crippen LogP contribution >= 0.6 is 11.3 Å². The predicted molar refractivity (Wildman–Crippen MR) is 113 cm³/mol. The van der Waals surface area contributed by atoms with Gasteiger partial charge in [0, 0.05) is 49.2 Å². The first-order chi connectivity index (χ1) is 13.6. The molecule has 1 aromatic carbocycles. The molecular weight excluding hydrogens is 375 g/mol. The van der Waals surface area contributed by atoms with Crippen molar-refractivity contribution in [2.75, 3.05) is 32.8 Å². The van der Waals surface area contributed by atoms with Gasteiger partial charge in [0.2, 0.25) is 0 Å². The topological polar surface area (TPSA) is 58.5 Å². The van der Waals surface area contributed by atoms with Crippen LogP contribution in [0.3, 0.4) is 0 Å². The molecule has 5 nitrogen and oxygen atoms in total. The summed E-state index contributed by atoms with van der Waals surface area (Å²) in [5, 5.41) is 7.86. The number of aromatic nitrogens is 1. The highest BCUT2D eigenvalue weighted by molar-refractivity contribution is 7.11. The van der Waals surface area contributed by atoms with Crippen molar-refractivity contribution in [1.82, 2.24) is 15.6 Å². The molecule has 1 aromatic heterocycles. The Kier molecular flexibility index (Phi) is 7.39. The number of aliphatic imine (C=N–C) groups is 1. The van der Waals surface area contributed by atoms with E-state index >= 15 is 0 Å². The number of nitrogens with one attached hydrogen (secondary N) is 2. The normalized spacial score (nSPS) is 16.8. The van der Waals surface area contributed by atoms with Crippen LogP contribution in [0.15, 0.2) is 35.5 Å². The first-order valence-corrected chi connectivity index (χ1v) is 10.7. The molecule has 0 radical (unpaired) electrons. The van der Waals surface area contributed by atoms with Crippen molar-refractivity contribution in [3.63, 3.8) is 0 Å². The minimum absolute atomic E-state index is 0.110. The van der Waals surface area contributed by atoms with Gasteiger partial charge in [-0.3, -0.25) is 4.99 Å². The van der Waals surface area contributed by atoms with Crippen LogP contribution < -0.4 is 10.6 Å². The van der Waals surface area contributed by atoms with Crippen molar-refractivity contribution in [2.24, 2.45) is 4.99 Å². The minimum Gasteiger partial charge on any atom is -0.381 e. The van der Waals surface area contributed by atoms with Gasteiger partial charge >= 0.3 is 0 Å². The van der Waals surface area contributed by atoms with Crippen molar-refractivity contribution < 1.29 is 9.13 Å². The lowest BCUT2D eigenvalue weighted by molar-refractivity contribution is 0.0531. The van der Waals surface area contributed by atoms with Crippen molar-refractivity contribution in [1.29, 1.82) is 0 Å². The summed E-state index contributed by atoms with van der Waals surface area (Å²) in [5.41, 5.74) is 1.02. The van der Waals surface area contributed by atoms with Crippen molar-refractivity contribution in [3.05, 3.63) is 51.7 Å². The summed E-state index contributed by atoms with van der Waals surface area (Å²) in [5.74, 6) is 0.602. The van der Waals surface area contributed by atoms with Gasteiger partial charge in [0.25, 0.3) is 0 Å². The molecule has 152 valence electrons. The fourth-order valence-electron chi connectivity index (χ4n) is 3.48. The Morgan fingerprint density at radius 2 is 2.00 bits per heavy atom. The van der Waals surface area contributed by atoms with Gasteiger partial charge < -0.3 is 15.4 Å². The third-order valence-corrected chi connectivity index (χ3v) is 6.06. The Bertz CT molecular complexity index is 769. The maximum atomic E-state index is 13.4. The summed E-state index contributed by atoms with van der Waals surface area (Å²) in [6.45, 7) is 7.78. The van der Waals surface area contributed by atoms with Crippen molar-refractivity contribution >= 4 is 17.3 Å². The van der Waals surface area contributed by atoms with Crippen molar-refractivity contribution in [3.8, 4) is 0 Å². The first-order valence-electron chi connectivity index (χ1n) is 9.88. The smallest absolute Gasteiger partial charge is 0.191 e. The molecule has 2 N–H and O–H groups in total. The fourth-order valence-corrected chi connectivity index (χ4v) is 4.27. The minimum atomic E-state index is -0.207. The molecule has 1 saturated heterocycles. The lowest BCUT2D eigenvalue weighted by Gasteiger charge is -2.36. The molecule has 7 heteroatoms. The average Bonchev–Trinajstić information content (AvgIpc) is 3.12. The largest absolute Gasteiger partial charge is 0.381 e. The van der Waals surface area contributed by atoms with E-state index in [1.807, 2.05) is 18.3 Å². The molecule has 0 amide bonds. The monoisotopic (exact) mass is 404 g/mol. The van der Waals surface area contributed by atoms with Gasteiger partial charge in [-0.1, -0.05) is 12.1 Å². The molecule has 0 atom stereocenters. The van der Waals surface area contributed by atoms with Gasteiger partial charge in [0.1, 0.15) is 5.82 Å². The van der Waals surface area contributed by atoms with E-state index < -0.39 is 0 Å². The maximum Gasteiger partial charge on any atom is 0.191 e. The number of aryl methyl sites for hydroxylation is 1. The number of nitrogens with zero attached hydrogens (tertiary/aromatic N) is 2. The highest BCUT2D eigenvalue weighted by atomic mass is 32.1. The SMILES string of the molecule is CCNC(=NCC1(c2ccc(F)cc2)CCOCC1)NCCc1ncc(C)s1. The first kappa shape index (κ1) is 20.7. The van der Waals surface area contributed by atoms with Gasteiger partial charge in [-0.05, 0) is 44.4 Å². The molecule has 1 fully saturated rings. The third kappa shape index (κ3) is 5.52. The number of benzene rings is 1. The van der Waals surface area contributed by atoms with E-state index in [-0.39, 0.29) is 11.2 Å². The average molecular weight is 405 g/mol. The Morgan fingerprint density at radius 3 is 2.64 bits per heavy atom. The summed E-state index contributed by atoms with van der Waals surface area (Å²) < 4.78 is 19.0. The zero-order valence-electron chi connectivity index (χ0n) is 16.6. The standard InChI is InChI=1S/C21H29FN4OS/c1-3-23-20(24-11-8-19-25-14-16(2)28-19)26-15-21(9-12-27-13-10-21)17-4-6-18(22)7-5-17/h4-7,14H,3,8-13,15H2,1-2H3,(H2,23,24,26). The van der Waals surface area contributed by atoms with Crippen LogP contribution in [0, 0.1) is 12.7 Å². The summed E-state index contributed by atoms with van der Waals surface area (Å²) in [4.78, 5) is 10.5. The van der Waals surface area contributed by atoms with Crippen molar-refractivity contribution in [2.45, 2.75) is 38.5 Å². The number of ether oxygens (including phenoxy) is 1. The number of guanidine groups is 1. The molecule has 0 unspecified atom stereocenters. The molecule has 2 heterocycles. The zero-order valence-corrected chi connectivity index (χ0v) is 17.4. The van der Waals surface area contributed by atoms with Gasteiger partial charge in [-0.25, -0.2) is 9.37 Å². The molecule has 28 heavy (non-hydrogen) atoms. The third-order valence-electron chi connectivity index (χ3n) is 5.09. The molecule has 0 spiro atoms. The van der Waals surface area contributed by atoms with E-state index in [0.717, 1.165) is 48.9 Å². The van der Waals surface area contributed by atoms with Crippen LogP contribution in [-0.4, -0.2) is 43.8 Å².